The predicted octanol–water partition coefficient (Wildman–Crippen LogP) is 1.64. The highest BCUT2D eigenvalue weighted by Crippen LogP contribution is 2.24. The molecule has 1 saturated heterocycles. The Morgan fingerprint density at radius 2 is 2.36 bits per heavy atom. The summed E-state index contributed by atoms with van der Waals surface area (Å²) < 4.78 is 0. The zero-order chi connectivity index (χ0) is 9.38. The van der Waals surface area contributed by atoms with Crippen molar-refractivity contribution in [3.63, 3.8) is 0 Å². The van der Waals surface area contributed by atoms with Crippen LogP contribution in [0, 0.1) is 0 Å². The van der Waals surface area contributed by atoms with Crippen LogP contribution in [0.1, 0.15) is 17.9 Å². The predicted molar refractivity (Wildman–Crippen MR) is 56.3 cm³/mol. The number of hydrogen-bond donors (Lipinski definition) is 2. The lowest BCUT2D eigenvalue weighted by atomic mass is 9.98. The van der Waals surface area contributed by atoms with E-state index in [0.717, 1.165) is 24.1 Å². The van der Waals surface area contributed by atoms with Crippen LogP contribution < -0.4 is 5.32 Å². The van der Waals surface area contributed by atoms with E-state index in [0.29, 0.717) is 5.92 Å². The first kappa shape index (κ1) is 8.00. The molecule has 14 heavy (non-hydrogen) atoms. The van der Waals surface area contributed by atoms with Crippen molar-refractivity contribution in [3.05, 3.63) is 30.1 Å². The van der Waals surface area contributed by atoms with Crippen LogP contribution in [-0.4, -0.2) is 23.1 Å². The highest BCUT2D eigenvalue weighted by atomic mass is 14.9. The normalized spacial score (nSPS) is 21.9. The monoisotopic (exact) mass is 187 g/mol. The highest BCUT2D eigenvalue weighted by Gasteiger charge is 2.16. The molecule has 3 nitrogen and oxygen atoms in total. The second kappa shape index (κ2) is 3.10. The molecule has 2 aromatic rings. The van der Waals surface area contributed by atoms with Crippen LogP contribution in [0.4, 0.5) is 0 Å². The molecule has 1 aromatic heterocycles. The second-order valence-corrected chi connectivity index (χ2v) is 3.87. The summed E-state index contributed by atoms with van der Waals surface area (Å²) in [5, 5.41) is 3.39. The van der Waals surface area contributed by atoms with Crippen LogP contribution >= 0.6 is 0 Å². The smallest absolute Gasteiger partial charge is 0.0931 e. The summed E-state index contributed by atoms with van der Waals surface area (Å²) in [6.07, 6.45) is 3.00. The lowest BCUT2D eigenvalue weighted by molar-refractivity contribution is 0.764. The number of nitrogens with one attached hydrogen (secondary N) is 2. The maximum atomic E-state index is 4.22. The van der Waals surface area contributed by atoms with E-state index in [9.17, 15) is 0 Å². The molecule has 1 aliphatic heterocycles. The van der Waals surface area contributed by atoms with E-state index in [-0.39, 0.29) is 0 Å². The van der Waals surface area contributed by atoms with Gasteiger partial charge in [-0.2, -0.15) is 0 Å². The molecule has 3 heteroatoms. The number of fused-ring (bicyclic) bond motifs is 1. The molecule has 0 radical (unpaired) electrons. The van der Waals surface area contributed by atoms with Crippen molar-refractivity contribution in [2.24, 2.45) is 0 Å². The van der Waals surface area contributed by atoms with E-state index >= 15 is 0 Å². The number of aromatic amines is 1. The van der Waals surface area contributed by atoms with Gasteiger partial charge < -0.3 is 10.3 Å². The van der Waals surface area contributed by atoms with E-state index in [4.69, 9.17) is 0 Å². The first-order valence-corrected chi connectivity index (χ1v) is 5.07. The molecule has 0 saturated carbocycles. The molecule has 0 spiro atoms. The minimum atomic E-state index is 0.683. The third-order valence-electron chi connectivity index (χ3n) is 2.98. The van der Waals surface area contributed by atoms with Crippen molar-refractivity contribution in [1.29, 1.82) is 0 Å². The van der Waals surface area contributed by atoms with Gasteiger partial charge in [-0.25, -0.2) is 4.98 Å². The largest absolute Gasteiger partial charge is 0.345 e. The van der Waals surface area contributed by atoms with Crippen molar-refractivity contribution in [2.75, 3.05) is 13.1 Å². The fraction of sp³-hybridized carbons (Fsp3) is 0.364. The van der Waals surface area contributed by atoms with Crippen molar-refractivity contribution in [3.8, 4) is 0 Å². The third-order valence-corrected chi connectivity index (χ3v) is 2.98. The Hall–Kier alpha value is -1.35. The van der Waals surface area contributed by atoms with E-state index < -0.39 is 0 Å². The summed E-state index contributed by atoms with van der Waals surface area (Å²) in [6.45, 7) is 2.26. The Kier molecular flexibility index (Phi) is 1.77. The average Bonchev–Trinajstić information content (AvgIpc) is 2.88. The van der Waals surface area contributed by atoms with Gasteiger partial charge >= 0.3 is 0 Å². The number of H-pyrrole nitrogens is 1. The van der Waals surface area contributed by atoms with Gasteiger partial charge in [0.15, 0.2) is 0 Å². The topological polar surface area (TPSA) is 40.7 Å². The molecule has 72 valence electrons. The lowest BCUT2D eigenvalue weighted by Gasteiger charge is -2.07. The minimum absolute atomic E-state index is 0.683. The second-order valence-electron chi connectivity index (χ2n) is 3.87. The summed E-state index contributed by atoms with van der Waals surface area (Å²) in [6, 6.07) is 6.51. The third kappa shape index (κ3) is 1.21. The number of nitrogens with zero attached hydrogens (tertiary/aromatic N) is 1. The molecule has 2 heterocycles. The van der Waals surface area contributed by atoms with Crippen LogP contribution in [0.15, 0.2) is 24.5 Å². The van der Waals surface area contributed by atoms with Gasteiger partial charge in [-0.3, -0.25) is 0 Å². The summed E-state index contributed by atoms with van der Waals surface area (Å²) >= 11 is 0. The van der Waals surface area contributed by atoms with Crippen LogP contribution in [0.5, 0.6) is 0 Å². The fourth-order valence-electron chi connectivity index (χ4n) is 2.15. The molecular formula is C11H13N3. The molecule has 0 aliphatic carbocycles. The Morgan fingerprint density at radius 3 is 3.21 bits per heavy atom. The van der Waals surface area contributed by atoms with Gasteiger partial charge in [0.05, 0.1) is 17.4 Å². The van der Waals surface area contributed by atoms with Gasteiger partial charge in [-0.15, -0.1) is 0 Å². The van der Waals surface area contributed by atoms with Gasteiger partial charge in [0, 0.05) is 6.54 Å². The quantitative estimate of drug-likeness (QED) is 0.712. The van der Waals surface area contributed by atoms with Gasteiger partial charge in [0.1, 0.15) is 0 Å². The number of hydrogen-bond acceptors (Lipinski definition) is 2. The lowest BCUT2D eigenvalue weighted by Crippen LogP contribution is -2.07. The molecule has 1 atom stereocenters. The van der Waals surface area contributed by atoms with E-state index in [1.807, 2.05) is 0 Å². The first-order chi connectivity index (χ1) is 6.93. The van der Waals surface area contributed by atoms with Crippen molar-refractivity contribution >= 4 is 11.0 Å². The number of rotatable bonds is 1. The summed E-state index contributed by atoms with van der Waals surface area (Å²) in [7, 11) is 0. The number of aromatic nitrogens is 2. The van der Waals surface area contributed by atoms with E-state index in [1.165, 1.54) is 12.0 Å². The van der Waals surface area contributed by atoms with Crippen LogP contribution in [0.2, 0.25) is 0 Å². The van der Waals surface area contributed by atoms with Gasteiger partial charge in [0.2, 0.25) is 0 Å². The van der Waals surface area contributed by atoms with Gasteiger partial charge in [-0.1, -0.05) is 6.07 Å². The number of benzene rings is 1. The molecule has 2 N–H and O–H groups in total. The molecular weight excluding hydrogens is 174 g/mol. The maximum absolute atomic E-state index is 4.22. The van der Waals surface area contributed by atoms with Crippen LogP contribution in [0.25, 0.3) is 11.0 Å². The van der Waals surface area contributed by atoms with Gasteiger partial charge in [0.25, 0.3) is 0 Å². The molecule has 1 aromatic carbocycles. The average molecular weight is 187 g/mol. The molecule has 1 unspecified atom stereocenters. The van der Waals surface area contributed by atoms with E-state index in [2.05, 4.69) is 33.5 Å². The van der Waals surface area contributed by atoms with Gasteiger partial charge in [-0.05, 0) is 36.6 Å². The SMILES string of the molecule is c1nc2ccc(C3CCNC3)cc2[nH]1. The van der Waals surface area contributed by atoms with Crippen molar-refractivity contribution < 1.29 is 0 Å². The Balaban J connectivity index is 2.04. The van der Waals surface area contributed by atoms with Crippen molar-refractivity contribution in [1.82, 2.24) is 15.3 Å². The zero-order valence-electron chi connectivity index (χ0n) is 7.96. The molecule has 0 amide bonds. The highest BCUT2D eigenvalue weighted by molar-refractivity contribution is 5.75. The first-order valence-electron chi connectivity index (χ1n) is 5.07. The Labute approximate surface area is 82.5 Å². The van der Waals surface area contributed by atoms with Crippen molar-refractivity contribution in [2.45, 2.75) is 12.3 Å². The Morgan fingerprint density at radius 1 is 1.36 bits per heavy atom. The van der Waals surface area contributed by atoms with Crippen LogP contribution in [0.3, 0.4) is 0 Å². The minimum Gasteiger partial charge on any atom is -0.345 e. The van der Waals surface area contributed by atoms with E-state index in [1.54, 1.807) is 6.33 Å². The molecule has 1 aliphatic rings. The summed E-state index contributed by atoms with van der Waals surface area (Å²) in [4.78, 5) is 7.37. The Bertz CT molecular complexity index is 440. The van der Waals surface area contributed by atoms with Crippen LogP contribution in [-0.2, 0) is 0 Å². The summed E-state index contributed by atoms with van der Waals surface area (Å²) in [5.41, 5.74) is 3.63. The number of imidazole rings is 1. The molecule has 1 fully saturated rings. The molecule has 0 bridgehead atoms. The fourth-order valence-corrected chi connectivity index (χ4v) is 2.15. The maximum Gasteiger partial charge on any atom is 0.0931 e. The standard InChI is InChI=1S/C11H13N3/c1-2-10-11(14-7-13-10)5-8(1)9-3-4-12-6-9/h1-2,5,7,9,12H,3-4,6H2,(H,13,14). The molecule has 3 rings (SSSR count). The summed E-state index contributed by atoms with van der Waals surface area (Å²) in [5.74, 6) is 0.683. The zero-order valence-corrected chi connectivity index (χ0v) is 7.96.